The predicted molar refractivity (Wildman–Crippen MR) is 105 cm³/mol. The van der Waals surface area contributed by atoms with Gasteiger partial charge in [-0.05, 0) is 55.2 Å². The van der Waals surface area contributed by atoms with Gasteiger partial charge in [0.25, 0.3) is 5.56 Å². The number of amides is 1. The normalized spacial score (nSPS) is 14.5. The number of hydrogen-bond acceptors (Lipinski definition) is 2. The number of aromatic nitrogens is 1. The third-order valence-electron chi connectivity index (χ3n) is 5.42. The Balaban J connectivity index is 1.55. The molecule has 30 heavy (non-hydrogen) atoms. The molecule has 4 nitrogen and oxygen atoms in total. The first-order valence-corrected chi connectivity index (χ1v) is 9.53. The lowest BCUT2D eigenvalue weighted by atomic mass is 9.92. The number of nitrogens with one attached hydrogen (secondary N) is 1. The lowest BCUT2D eigenvalue weighted by molar-refractivity contribution is -0.140. The lowest BCUT2D eigenvalue weighted by Crippen LogP contribution is -2.28. The highest BCUT2D eigenvalue weighted by Crippen LogP contribution is 2.32. The molecule has 1 N–H and O–H groups in total. The van der Waals surface area contributed by atoms with Crippen molar-refractivity contribution in [3.05, 3.63) is 76.0 Å². The maximum Gasteiger partial charge on any atom is 0.419 e. The smallest absolute Gasteiger partial charge is 0.325 e. The van der Waals surface area contributed by atoms with Crippen molar-refractivity contribution in [2.75, 3.05) is 5.32 Å². The number of alkyl halides is 3. The summed E-state index contributed by atoms with van der Waals surface area (Å²) < 4.78 is 53.4. The summed E-state index contributed by atoms with van der Waals surface area (Å²) in [6, 6.07) is 9.36. The number of carbonyl (C=O) groups excluding carboxylic acids is 1. The van der Waals surface area contributed by atoms with E-state index in [1.807, 2.05) is 0 Å². The van der Waals surface area contributed by atoms with Crippen LogP contribution in [0.5, 0.6) is 0 Å². The molecule has 0 atom stereocenters. The van der Waals surface area contributed by atoms with Crippen molar-refractivity contribution in [2.45, 2.75) is 37.9 Å². The van der Waals surface area contributed by atoms with Crippen LogP contribution in [0.4, 0.5) is 23.2 Å². The van der Waals surface area contributed by atoms with E-state index in [0.717, 1.165) is 25.3 Å². The zero-order valence-electron chi connectivity index (χ0n) is 15.8. The highest BCUT2D eigenvalue weighted by molar-refractivity contribution is 6.02. The number of nitrogens with zero attached hydrogens (tertiary/aromatic N) is 1. The van der Waals surface area contributed by atoms with Crippen LogP contribution in [0.2, 0.25) is 0 Å². The maximum atomic E-state index is 13.7. The molecule has 8 heteroatoms. The molecule has 1 aromatic heterocycles. The Labute approximate surface area is 169 Å². The van der Waals surface area contributed by atoms with Crippen LogP contribution in [0.25, 0.3) is 10.8 Å². The van der Waals surface area contributed by atoms with E-state index in [0.29, 0.717) is 28.6 Å². The van der Waals surface area contributed by atoms with Crippen molar-refractivity contribution in [3.8, 4) is 0 Å². The minimum Gasteiger partial charge on any atom is -0.325 e. The number of hydrogen-bond donors (Lipinski definition) is 1. The first kappa shape index (κ1) is 20.1. The summed E-state index contributed by atoms with van der Waals surface area (Å²) in [5.74, 6) is -1.95. The van der Waals surface area contributed by atoms with E-state index < -0.39 is 23.5 Å². The van der Waals surface area contributed by atoms with Gasteiger partial charge >= 0.3 is 6.18 Å². The molecule has 0 radical (unpaired) electrons. The van der Waals surface area contributed by atoms with Crippen LogP contribution in [-0.2, 0) is 17.4 Å². The average molecular weight is 418 g/mol. The minimum absolute atomic E-state index is 0.116. The molecule has 156 valence electrons. The van der Waals surface area contributed by atoms with E-state index in [-0.39, 0.29) is 23.6 Å². The van der Waals surface area contributed by atoms with E-state index in [4.69, 9.17) is 0 Å². The Hall–Kier alpha value is -3.16. The molecular weight excluding hydrogens is 400 g/mol. The van der Waals surface area contributed by atoms with E-state index in [1.54, 1.807) is 35.0 Å². The summed E-state index contributed by atoms with van der Waals surface area (Å²) in [6.45, 7) is 0. The van der Waals surface area contributed by atoms with Crippen LogP contribution in [0.15, 0.2) is 53.5 Å². The predicted octanol–water partition coefficient (Wildman–Crippen LogP) is 5.07. The maximum absolute atomic E-state index is 13.7. The van der Waals surface area contributed by atoms with Crippen LogP contribution in [0, 0.1) is 5.82 Å². The highest BCUT2D eigenvalue weighted by Gasteiger charge is 2.34. The van der Waals surface area contributed by atoms with Crippen LogP contribution in [0.1, 0.15) is 36.4 Å². The molecule has 4 rings (SSSR count). The van der Waals surface area contributed by atoms with Gasteiger partial charge in [0.1, 0.15) is 5.82 Å². The molecule has 1 heterocycles. The fraction of sp³-hybridized carbons (Fsp3) is 0.273. The Morgan fingerprint density at radius 3 is 2.50 bits per heavy atom. The monoisotopic (exact) mass is 418 g/mol. The minimum atomic E-state index is -4.79. The average Bonchev–Trinajstić information content (AvgIpc) is 2.62. The fourth-order valence-corrected chi connectivity index (χ4v) is 3.63. The first-order chi connectivity index (χ1) is 14.2. The van der Waals surface area contributed by atoms with Crippen molar-refractivity contribution in [1.82, 2.24) is 4.57 Å². The number of pyridine rings is 1. The van der Waals surface area contributed by atoms with Gasteiger partial charge in [0, 0.05) is 28.7 Å². The van der Waals surface area contributed by atoms with Gasteiger partial charge in [0.15, 0.2) is 0 Å². The molecule has 1 aliphatic rings. The second-order valence-corrected chi connectivity index (χ2v) is 7.42. The first-order valence-electron chi connectivity index (χ1n) is 9.53. The standard InChI is InChI=1S/C22H18F4N2O2/c23-18-11-13(7-8-17(18)22(24,25)26)12-20(29)27-19-6-2-5-16-15(19)9-10-28(21(16)30)14-3-1-4-14/h2,5-11,14H,1,3-4,12H2,(H,27,29). The summed E-state index contributed by atoms with van der Waals surface area (Å²) in [4.78, 5) is 25.2. The van der Waals surface area contributed by atoms with E-state index in [1.165, 1.54) is 0 Å². The molecule has 0 spiro atoms. The van der Waals surface area contributed by atoms with E-state index >= 15 is 0 Å². The van der Waals surface area contributed by atoms with Gasteiger partial charge in [0.05, 0.1) is 12.0 Å². The van der Waals surface area contributed by atoms with Crippen molar-refractivity contribution in [3.63, 3.8) is 0 Å². The third-order valence-corrected chi connectivity index (χ3v) is 5.42. The number of fused-ring (bicyclic) bond motifs is 1. The molecule has 1 saturated carbocycles. The molecular formula is C22H18F4N2O2. The third kappa shape index (κ3) is 3.81. The topological polar surface area (TPSA) is 51.1 Å². The van der Waals surface area contributed by atoms with Crippen LogP contribution < -0.4 is 10.9 Å². The van der Waals surface area contributed by atoms with Gasteiger partial charge in [-0.25, -0.2) is 4.39 Å². The van der Waals surface area contributed by atoms with Crippen molar-refractivity contribution in [2.24, 2.45) is 0 Å². The molecule has 0 unspecified atom stereocenters. The van der Waals surface area contributed by atoms with Gasteiger partial charge in [0.2, 0.25) is 5.91 Å². The van der Waals surface area contributed by atoms with Crippen LogP contribution in [0.3, 0.4) is 0 Å². The number of rotatable bonds is 4. The van der Waals surface area contributed by atoms with E-state index in [2.05, 4.69) is 5.32 Å². The van der Waals surface area contributed by atoms with Crippen LogP contribution in [-0.4, -0.2) is 10.5 Å². The Morgan fingerprint density at radius 1 is 1.10 bits per heavy atom. The summed E-state index contributed by atoms with van der Waals surface area (Å²) in [5, 5.41) is 3.72. The van der Waals surface area contributed by atoms with Crippen molar-refractivity contribution < 1.29 is 22.4 Å². The highest BCUT2D eigenvalue weighted by atomic mass is 19.4. The van der Waals surface area contributed by atoms with Crippen molar-refractivity contribution in [1.29, 1.82) is 0 Å². The number of benzene rings is 2. The Bertz CT molecular complexity index is 1180. The number of anilines is 1. The molecule has 0 bridgehead atoms. The second-order valence-electron chi connectivity index (χ2n) is 7.42. The number of halogens is 4. The SMILES string of the molecule is O=C(Cc1ccc(C(F)(F)F)c(F)c1)Nc1cccc2c(=O)n(C3CCC3)ccc12. The van der Waals surface area contributed by atoms with Gasteiger partial charge in [-0.1, -0.05) is 12.1 Å². The zero-order valence-corrected chi connectivity index (χ0v) is 15.8. The van der Waals surface area contributed by atoms with E-state index in [9.17, 15) is 27.2 Å². The molecule has 1 aliphatic carbocycles. The Morgan fingerprint density at radius 2 is 1.87 bits per heavy atom. The van der Waals surface area contributed by atoms with Gasteiger partial charge < -0.3 is 9.88 Å². The molecule has 2 aromatic carbocycles. The molecule has 3 aromatic rings. The summed E-state index contributed by atoms with van der Waals surface area (Å²) in [6.07, 6.45) is -0.354. The Kier molecular flexibility index (Phi) is 5.09. The molecule has 1 amide bonds. The second kappa shape index (κ2) is 7.59. The largest absolute Gasteiger partial charge is 0.419 e. The quantitative estimate of drug-likeness (QED) is 0.602. The summed E-state index contributed by atoms with van der Waals surface area (Å²) in [7, 11) is 0. The molecule has 1 fully saturated rings. The summed E-state index contributed by atoms with van der Waals surface area (Å²) in [5.41, 5.74) is -0.963. The van der Waals surface area contributed by atoms with Crippen LogP contribution >= 0.6 is 0 Å². The van der Waals surface area contributed by atoms with Gasteiger partial charge in [-0.3, -0.25) is 9.59 Å². The summed E-state index contributed by atoms with van der Waals surface area (Å²) >= 11 is 0. The van der Waals surface area contributed by atoms with Gasteiger partial charge in [-0.15, -0.1) is 0 Å². The lowest BCUT2D eigenvalue weighted by Gasteiger charge is -2.27. The zero-order chi connectivity index (χ0) is 21.5. The fourth-order valence-electron chi connectivity index (χ4n) is 3.63. The van der Waals surface area contributed by atoms with Crippen molar-refractivity contribution >= 4 is 22.4 Å². The van der Waals surface area contributed by atoms with Gasteiger partial charge in [-0.2, -0.15) is 13.2 Å². The molecule has 0 aliphatic heterocycles. The molecule has 0 saturated heterocycles. The number of carbonyl (C=O) groups is 1.